The summed E-state index contributed by atoms with van der Waals surface area (Å²) in [5.74, 6) is -0.771. The number of hydrogen-bond donors (Lipinski definition) is 0. The molecule has 0 aromatic heterocycles. The highest BCUT2D eigenvalue weighted by atomic mass is 32.2. The molecule has 2 aliphatic heterocycles. The molecule has 0 bridgehead atoms. The molecule has 0 N–H and O–H groups in total. The lowest BCUT2D eigenvalue weighted by Crippen LogP contribution is -2.43. The van der Waals surface area contributed by atoms with Crippen molar-refractivity contribution in [2.75, 3.05) is 16.6 Å². The third-order valence-electron chi connectivity index (χ3n) is 5.12. The highest BCUT2D eigenvalue weighted by molar-refractivity contribution is 7.94. The van der Waals surface area contributed by atoms with Crippen LogP contribution in [0.1, 0.15) is 44.6 Å². The summed E-state index contributed by atoms with van der Waals surface area (Å²) in [4.78, 5) is 12.1. The van der Waals surface area contributed by atoms with Crippen molar-refractivity contribution < 1.29 is 21.6 Å². The summed E-state index contributed by atoms with van der Waals surface area (Å²) in [6.07, 6.45) is 3.30. The summed E-state index contributed by atoms with van der Waals surface area (Å²) in [6.45, 7) is 4.12. The Kier molecular flexibility index (Phi) is 5.15. The first-order chi connectivity index (χ1) is 12.2. The van der Waals surface area contributed by atoms with E-state index in [-0.39, 0.29) is 28.8 Å². The fourth-order valence-corrected chi connectivity index (χ4v) is 7.15. The molecule has 2 heterocycles. The Labute approximate surface area is 155 Å². The van der Waals surface area contributed by atoms with Gasteiger partial charge in [0.15, 0.2) is 0 Å². The van der Waals surface area contributed by atoms with Gasteiger partial charge in [-0.05, 0) is 43.9 Å². The predicted octanol–water partition coefficient (Wildman–Crippen LogP) is 2.01. The topological polar surface area (TPSA) is 91.8 Å². The summed E-state index contributed by atoms with van der Waals surface area (Å²) in [5, 5.41) is 0. The number of sulfonamides is 2. The lowest BCUT2D eigenvalue weighted by Gasteiger charge is -2.34. The molecule has 0 aliphatic carbocycles. The summed E-state index contributed by atoms with van der Waals surface area (Å²) in [5.41, 5.74) is 0.639. The number of hydrogen-bond acceptors (Lipinski definition) is 5. The van der Waals surface area contributed by atoms with Gasteiger partial charge in [-0.1, -0.05) is 19.4 Å². The first kappa shape index (κ1) is 19.3. The van der Waals surface area contributed by atoms with Crippen molar-refractivity contribution in [1.82, 2.24) is 4.31 Å². The van der Waals surface area contributed by atoms with Crippen LogP contribution in [0.5, 0.6) is 0 Å². The van der Waals surface area contributed by atoms with Crippen LogP contribution in [-0.4, -0.2) is 45.4 Å². The van der Waals surface area contributed by atoms with Crippen molar-refractivity contribution in [3.05, 3.63) is 23.8 Å². The van der Waals surface area contributed by atoms with Crippen molar-refractivity contribution >= 4 is 31.6 Å². The monoisotopic (exact) mass is 400 g/mol. The smallest absolute Gasteiger partial charge is 0.243 e. The molecule has 26 heavy (non-hydrogen) atoms. The second-order valence-electron chi connectivity index (χ2n) is 6.85. The molecule has 2 fully saturated rings. The molecule has 0 saturated carbocycles. The van der Waals surface area contributed by atoms with Crippen molar-refractivity contribution in [3.63, 3.8) is 0 Å². The number of amides is 1. The zero-order valence-electron chi connectivity index (χ0n) is 15.0. The van der Waals surface area contributed by atoms with Crippen LogP contribution in [0.15, 0.2) is 23.1 Å². The molecule has 2 aliphatic rings. The van der Waals surface area contributed by atoms with Crippen LogP contribution < -0.4 is 4.31 Å². The molecule has 1 aromatic rings. The predicted molar refractivity (Wildman–Crippen MR) is 98.9 cm³/mol. The van der Waals surface area contributed by atoms with E-state index in [9.17, 15) is 21.6 Å². The zero-order chi connectivity index (χ0) is 19.1. The van der Waals surface area contributed by atoms with E-state index in [2.05, 4.69) is 0 Å². The molecular formula is C17H24N2O5S2. The van der Waals surface area contributed by atoms with Gasteiger partial charge in [-0.2, -0.15) is 4.31 Å². The van der Waals surface area contributed by atoms with Crippen LogP contribution in [0.3, 0.4) is 0 Å². The van der Waals surface area contributed by atoms with E-state index in [1.807, 2.05) is 6.92 Å². The van der Waals surface area contributed by atoms with Crippen LogP contribution in [-0.2, 0) is 24.8 Å². The summed E-state index contributed by atoms with van der Waals surface area (Å²) in [7, 11) is -7.49. The van der Waals surface area contributed by atoms with Crippen molar-refractivity contribution in [2.45, 2.75) is 56.9 Å². The third-order valence-corrected chi connectivity index (χ3v) is 8.90. The lowest BCUT2D eigenvalue weighted by atomic mass is 10.0. The van der Waals surface area contributed by atoms with Gasteiger partial charge in [0.25, 0.3) is 0 Å². The Morgan fingerprint density at radius 1 is 1.23 bits per heavy atom. The van der Waals surface area contributed by atoms with Gasteiger partial charge >= 0.3 is 0 Å². The van der Waals surface area contributed by atoms with Gasteiger partial charge in [0.05, 0.1) is 16.3 Å². The van der Waals surface area contributed by atoms with Crippen LogP contribution in [0.25, 0.3) is 0 Å². The van der Waals surface area contributed by atoms with Gasteiger partial charge in [0, 0.05) is 19.0 Å². The fourth-order valence-electron chi connectivity index (χ4n) is 3.69. The Morgan fingerprint density at radius 2 is 1.96 bits per heavy atom. The highest BCUT2D eigenvalue weighted by Gasteiger charge is 2.38. The number of nitrogens with zero attached hydrogens (tertiary/aromatic N) is 2. The quantitative estimate of drug-likeness (QED) is 0.771. The van der Waals surface area contributed by atoms with Crippen LogP contribution in [0.4, 0.5) is 5.69 Å². The molecule has 0 unspecified atom stereocenters. The van der Waals surface area contributed by atoms with E-state index < -0.39 is 26.0 Å². The van der Waals surface area contributed by atoms with Crippen LogP contribution in [0, 0.1) is 6.92 Å². The minimum absolute atomic E-state index is 0.0473. The van der Waals surface area contributed by atoms with E-state index in [0.717, 1.165) is 30.0 Å². The Bertz CT molecular complexity index is 924. The first-order valence-corrected chi connectivity index (χ1v) is 11.9. The Morgan fingerprint density at radius 3 is 2.58 bits per heavy atom. The molecule has 1 aromatic carbocycles. The van der Waals surface area contributed by atoms with Gasteiger partial charge < -0.3 is 0 Å². The Hall–Kier alpha value is -1.45. The normalized spacial score (nSPS) is 24.2. The van der Waals surface area contributed by atoms with Gasteiger partial charge in [0.2, 0.25) is 26.0 Å². The molecule has 144 valence electrons. The van der Waals surface area contributed by atoms with E-state index in [1.165, 1.54) is 16.4 Å². The average molecular weight is 401 g/mol. The summed E-state index contributed by atoms with van der Waals surface area (Å²) in [6, 6.07) is 4.33. The molecule has 9 heteroatoms. The number of anilines is 1. The summed E-state index contributed by atoms with van der Waals surface area (Å²) < 4.78 is 53.1. The largest absolute Gasteiger partial charge is 0.273 e. The van der Waals surface area contributed by atoms with E-state index >= 15 is 0 Å². The SMILES string of the molecule is CC[C@@H]1CCCCN1S(=O)(=O)c1cc(N2C(=O)CCS2(=O)=O)ccc1C. The molecule has 2 saturated heterocycles. The second-order valence-corrected chi connectivity index (χ2v) is 10.6. The zero-order valence-corrected chi connectivity index (χ0v) is 16.6. The average Bonchev–Trinajstić information content (AvgIpc) is 2.88. The maximum absolute atomic E-state index is 13.3. The number of piperidine rings is 1. The molecule has 7 nitrogen and oxygen atoms in total. The van der Waals surface area contributed by atoms with Crippen LogP contribution >= 0.6 is 0 Å². The fraction of sp³-hybridized carbons (Fsp3) is 0.588. The second kappa shape index (κ2) is 6.94. The van der Waals surface area contributed by atoms with Crippen molar-refractivity contribution in [1.29, 1.82) is 0 Å². The first-order valence-electron chi connectivity index (χ1n) is 8.87. The minimum Gasteiger partial charge on any atom is -0.273 e. The number of aryl methyl sites for hydroxylation is 1. The van der Waals surface area contributed by atoms with Gasteiger partial charge in [0.1, 0.15) is 0 Å². The molecule has 0 spiro atoms. The maximum Gasteiger partial charge on any atom is 0.243 e. The number of benzene rings is 1. The molecule has 1 atom stereocenters. The molecule has 1 amide bonds. The molecular weight excluding hydrogens is 376 g/mol. The Balaban J connectivity index is 2.06. The molecule has 3 rings (SSSR count). The number of carbonyl (C=O) groups excluding carboxylic acids is 1. The van der Waals surface area contributed by atoms with Crippen LogP contribution in [0.2, 0.25) is 0 Å². The molecule has 0 radical (unpaired) electrons. The maximum atomic E-state index is 13.3. The van der Waals surface area contributed by atoms with E-state index in [1.54, 1.807) is 13.0 Å². The van der Waals surface area contributed by atoms with Gasteiger partial charge in [-0.25, -0.2) is 21.1 Å². The minimum atomic E-state index is -3.76. The number of carbonyl (C=O) groups is 1. The van der Waals surface area contributed by atoms with Gasteiger partial charge in [-0.15, -0.1) is 0 Å². The lowest BCUT2D eigenvalue weighted by molar-refractivity contribution is -0.116. The van der Waals surface area contributed by atoms with Crippen molar-refractivity contribution in [2.24, 2.45) is 0 Å². The van der Waals surface area contributed by atoms with E-state index in [4.69, 9.17) is 0 Å². The standard InChI is InChI=1S/C17H24N2O5S2/c1-3-14-6-4-5-10-18(14)26(23,24)16-12-15(8-7-13(16)2)19-17(20)9-11-25(19,21)22/h7-8,12,14H,3-6,9-11H2,1-2H3/t14-/m1/s1. The highest BCUT2D eigenvalue weighted by Crippen LogP contribution is 2.33. The number of rotatable bonds is 4. The van der Waals surface area contributed by atoms with Gasteiger partial charge in [-0.3, -0.25) is 4.79 Å². The third kappa shape index (κ3) is 3.27. The summed E-state index contributed by atoms with van der Waals surface area (Å²) >= 11 is 0. The van der Waals surface area contributed by atoms with E-state index in [0.29, 0.717) is 12.1 Å². The van der Waals surface area contributed by atoms with Crippen molar-refractivity contribution in [3.8, 4) is 0 Å².